The molecule has 0 amide bonds. The van der Waals surface area contributed by atoms with E-state index in [4.69, 9.17) is 21.9 Å². The summed E-state index contributed by atoms with van der Waals surface area (Å²) in [5.74, 6) is 6.71. The molecular formula is C13H14ClFN2O. The number of nitrogens with one attached hydrogen (secondary N) is 1. The predicted octanol–water partition coefficient (Wildman–Crippen LogP) is 3.24. The smallest absolute Gasteiger partial charge is 0.123 e. The summed E-state index contributed by atoms with van der Waals surface area (Å²) in [5, 5.41) is 0.456. The van der Waals surface area contributed by atoms with Crippen LogP contribution in [0.25, 0.3) is 0 Å². The van der Waals surface area contributed by atoms with Crippen LogP contribution in [0.4, 0.5) is 4.39 Å². The van der Waals surface area contributed by atoms with Crippen LogP contribution in [0.3, 0.4) is 0 Å². The fourth-order valence-electron chi connectivity index (χ4n) is 2.02. The Bertz CT molecular complexity index is 568. The molecule has 0 spiro atoms. The van der Waals surface area contributed by atoms with Crippen LogP contribution < -0.4 is 11.3 Å². The lowest BCUT2D eigenvalue weighted by atomic mass is 9.99. The van der Waals surface area contributed by atoms with Crippen molar-refractivity contribution >= 4 is 11.6 Å². The number of nitrogens with two attached hydrogens (primary N) is 1. The second-order valence-electron chi connectivity index (χ2n) is 4.13. The van der Waals surface area contributed by atoms with Gasteiger partial charge in [0.15, 0.2) is 0 Å². The lowest BCUT2D eigenvalue weighted by Crippen LogP contribution is -2.29. The summed E-state index contributed by atoms with van der Waals surface area (Å²) in [6, 6.07) is 5.66. The number of hydrazine groups is 1. The first-order valence-corrected chi connectivity index (χ1v) is 5.88. The molecule has 1 unspecified atom stereocenters. The van der Waals surface area contributed by atoms with E-state index in [-0.39, 0.29) is 5.82 Å². The number of aryl methyl sites for hydroxylation is 2. The van der Waals surface area contributed by atoms with Gasteiger partial charge in [-0.15, -0.1) is 0 Å². The van der Waals surface area contributed by atoms with E-state index in [0.717, 1.165) is 17.1 Å². The van der Waals surface area contributed by atoms with E-state index in [1.165, 1.54) is 18.2 Å². The van der Waals surface area contributed by atoms with Gasteiger partial charge in [0.25, 0.3) is 0 Å². The summed E-state index contributed by atoms with van der Waals surface area (Å²) in [6.07, 6.45) is 0. The summed E-state index contributed by atoms with van der Waals surface area (Å²) in [7, 11) is 0. The first-order chi connectivity index (χ1) is 8.52. The Morgan fingerprint density at radius 2 is 2.00 bits per heavy atom. The van der Waals surface area contributed by atoms with Crippen LogP contribution in [0.2, 0.25) is 5.02 Å². The average Bonchev–Trinajstić information content (AvgIpc) is 2.64. The highest BCUT2D eigenvalue weighted by Crippen LogP contribution is 2.31. The first kappa shape index (κ1) is 13.1. The zero-order valence-electron chi connectivity index (χ0n) is 10.1. The molecule has 96 valence electrons. The quantitative estimate of drug-likeness (QED) is 0.664. The SMILES string of the molecule is Cc1cc(C(NN)c2cc(F)ccc2Cl)c(C)o1. The molecule has 1 aromatic heterocycles. The minimum Gasteiger partial charge on any atom is -0.466 e. The van der Waals surface area contributed by atoms with Gasteiger partial charge in [-0.25, -0.2) is 9.82 Å². The number of benzene rings is 1. The molecule has 1 aromatic carbocycles. The molecule has 0 aliphatic carbocycles. The lowest BCUT2D eigenvalue weighted by Gasteiger charge is -2.17. The average molecular weight is 269 g/mol. The Morgan fingerprint density at radius 3 is 2.56 bits per heavy atom. The molecule has 0 saturated heterocycles. The first-order valence-electron chi connectivity index (χ1n) is 5.51. The highest BCUT2D eigenvalue weighted by molar-refractivity contribution is 6.31. The molecule has 1 heterocycles. The van der Waals surface area contributed by atoms with E-state index in [1.807, 2.05) is 19.9 Å². The summed E-state index contributed by atoms with van der Waals surface area (Å²) in [6.45, 7) is 3.68. The van der Waals surface area contributed by atoms with Crippen molar-refractivity contribution in [1.29, 1.82) is 0 Å². The van der Waals surface area contributed by atoms with E-state index < -0.39 is 6.04 Å². The summed E-state index contributed by atoms with van der Waals surface area (Å²) >= 11 is 6.09. The Hall–Kier alpha value is -1.36. The van der Waals surface area contributed by atoms with E-state index >= 15 is 0 Å². The Kier molecular flexibility index (Phi) is 3.71. The van der Waals surface area contributed by atoms with Gasteiger partial charge in [-0.3, -0.25) is 5.84 Å². The minimum atomic E-state index is -0.398. The van der Waals surface area contributed by atoms with Gasteiger partial charge in [0.05, 0.1) is 6.04 Å². The lowest BCUT2D eigenvalue weighted by molar-refractivity contribution is 0.494. The number of hydrogen-bond acceptors (Lipinski definition) is 3. The second-order valence-corrected chi connectivity index (χ2v) is 4.54. The molecular weight excluding hydrogens is 255 g/mol. The van der Waals surface area contributed by atoms with Gasteiger partial charge in [0.1, 0.15) is 17.3 Å². The number of rotatable bonds is 3. The molecule has 2 rings (SSSR count). The fourth-order valence-corrected chi connectivity index (χ4v) is 2.25. The highest BCUT2D eigenvalue weighted by atomic mass is 35.5. The van der Waals surface area contributed by atoms with Gasteiger partial charge in [-0.05, 0) is 43.7 Å². The molecule has 1 atom stereocenters. The van der Waals surface area contributed by atoms with E-state index in [2.05, 4.69) is 5.43 Å². The predicted molar refractivity (Wildman–Crippen MR) is 68.8 cm³/mol. The molecule has 18 heavy (non-hydrogen) atoms. The van der Waals surface area contributed by atoms with Crippen molar-refractivity contribution < 1.29 is 8.81 Å². The number of halogens is 2. The molecule has 3 nitrogen and oxygen atoms in total. The number of hydrogen-bond donors (Lipinski definition) is 2. The summed E-state index contributed by atoms with van der Waals surface area (Å²) in [5.41, 5.74) is 4.08. The Morgan fingerprint density at radius 1 is 1.28 bits per heavy atom. The van der Waals surface area contributed by atoms with Crippen LogP contribution in [0.15, 0.2) is 28.7 Å². The molecule has 0 aliphatic heterocycles. The molecule has 3 N–H and O–H groups in total. The van der Waals surface area contributed by atoms with Crippen molar-refractivity contribution in [2.75, 3.05) is 0 Å². The summed E-state index contributed by atoms with van der Waals surface area (Å²) in [4.78, 5) is 0. The van der Waals surface area contributed by atoms with Gasteiger partial charge >= 0.3 is 0 Å². The van der Waals surface area contributed by atoms with Crippen LogP contribution in [0.5, 0.6) is 0 Å². The molecule has 5 heteroatoms. The number of furan rings is 1. The van der Waals surface area contributed by atoms with E-state index in [1.54, 1.807) is 0 Å². The zero-order valence-corrected chi connectivity index (χ0v) is 10.9. The largest absolute Gasteiger partial charge is 0.466 e. The maximum Gasteiger partial charge on any atom is 0.123 e. The van der Waals surface area contributed by atoms with Crippen molar-refractivity contribution in [1.82, 2.24) is 5.43 Å². The Balaban J connectivity index is 2.51. The van der Waals surface area contributed by atoms with Gasteiger partial charge in [-0.2, -0.15) is 0 Å². The van der Waals surface area contributed by atoms with Crippen molar-refractivity contribution in [3.63, 3.8) is 0 Å². The van der Waals surface area contributed by atoms with E-state index in [9.17, 15) is 4.39 Å². The maximum atomic E-state index is 13.3. The molecule has 2 aromatic rings. The van der Waals surface area contributed by atoms with Gasteiger partial charge in [0.2, 0.25) is 0 Å². The normalized spacial score (nSPS) is 12.7. The van der Waals surface area contributed by atoms with Crippen molar-refractivity contribution in [3.8, 4) is 0 Å². The monoisotopic (exact) mass is 268 g/mol. The van der Waals surface area contributed by atoms with Crippen LogP contribution in [0.1, 0.15) is 28.7 Å². The second kappa shape index (κ2) is 5.10. The third-order valence-corrected chi connectivity index (χ3v) is 3.17. The van der Waals surface area contributed by atoms with Crippen LogP contribution in [-0.2, 0) is 0 Å². The van der Waals surface area contributed by atoms with Crippen LogP contribution >= 0.6 is 11.6 Å². The third kappa shape index (κ3) is 2.41. The molecule has 0 saturated carbocycles. The zero-order chi connectivity index (χ0) is 13.3. The van der Waals surface area contributed by atoms with Crippen molar-refractivity contribution in [3.05, 3.63) is 57.8 Å². The maximum absolute atomic E-state index is 13.3. The van der Waals surface area contributed by atoms with Gasteiger partial charge in [-0.1, -0.05) is 11.6 Å². The van der Waals surface area contributed by atoms with Gasteiger partial charge < -0.3 is 4.42 Å². The highest BCUT2D eigenvalue weighted by Gasteiger charge is 2.20. The molecule has 0 bridgehead atoms. The van der Waals surface area contributed by atoms with Crippen molar-refractivity contribution in [2.24, 2.45) is 5.84 Å². The topological polar surface area (TPSA) is 51.2 Å². The molecule has 0 fully saturated rings. The standard InChI is InChI=1S/C13H14ClFN2O/c1-7-5-10(8(2)18-7)13(17-16)11-6-9(15)3-4-12(11)14/h3-6,13,17H,16H2,1-2H3. The van der Waals surface area contributed by atoms with Crippen LogP contribution in [0, 0.1) is 19.7 Å². The fraction of sp³-hybridized carbons (Fsp3) is 0.231. The van der Waals surface area contributed by atoms with Crippen molar-refractivity contribution in [2.45, 2.75) is 19.9 Å². The van der Waals surface area contributed by atoms with Crippen LogP contribution in [-0.4, -0.2) is 0 Å². The Labute approximate surface area is 110 Å². The minimum absolute atomic E-state index is 0.354. The summed E-state index contributed by atoms with van der Waals surface area (Å²) < 4.78 is 18.8. The third-order valence-electron chi connectivity index (χ3n) is 2.83. The van der Waals surface area contributed by atoms with E-state index in [0.29, 0.717) is 10.6 Å². The molecule has 0 radical (unpaired) electrons. The van der Waals surface area contributed by atoms with Gasteiger partial charge in [0, 0.05) is 10.6 Å². The molecule has 0 aliphatic rings.